The third-order valence-corrected chi connectivity index (χ3v) is 5.46. The summed E-state index contributed by atoms with van der Waals surface area (Å²) in [5, 5.41) is 3.46. The van der Waals surface area contributed by atoms with Crippen LogP contribution in [0.25, 0.3) is 0 Å². The first-order valence-electron chi connectivity index (χ1n) is 7.50. The molecule has 0 fully saturated rings. The Balaban J connectivity index is 2.87. The molecule has 0 heterocycles. The van der Waals surface area contributed by atoms with Crippen LogP contribution in [0.4, 0.5) is 5.69 Å². The SMILES string of the molecule is CCCS(=O)(=O)c1ccc(NC(CCN)C(C)(C)C)cc1. The van der Waals surface area contributed by atoms with Crippen molar-refractivity contribution in [1.82, 2.24) is 0 Å². The van der Waals surface area contributed by atoms with Gasteiger partial charge in [0.25, 0.3) is 0 Å². The van der Waals surface area contributed by atoms with Gasteiger partial charge in [-0.2, -0.15) is 0 Å². The second kappa shape index (κ2) is 7.27. The van der Waals surface area contributed by atoms with E-state index in [0.717, 1.165) is 12.1 Å². The van der Waals surface area contributed by atoms with Crippen molar-refractivity contribution in [2.45, 2.75) is 51.5 Å². The van der Waals surface area contributed by atoms with Gasteiger partial charge in [0.1, 0.15) is 0 Å². The van der Waals surface area contributed by atoms with Gasteiger partial charge in [0.05, 0.1) is 10.6 Å². The van der Waals surface area contributed by atoms with Crippen LogP contribution in [0, 0.1) is 5.41 Å². The molecule has 21 heavy (non-hydrogen) atoms. The fourth-order valence-electron chi connectivity index (χ4n) is 2.23. The highest BCUT2D eigenvalue weighted by Gasteiger charge is 2.23. The number of anilines is 1. The highest BCUT2D eigenvalue weighted by Crippen LogP contribution is 2.26. The molecule has 0 aliphatic carbocycles. The zero-order valence-electron chi connectivity index (χ0n) is 13.5. The van der Waals surface area contributed by atoms with Crippen LogP contribution in [0.3, 0.4) is 0 Å². The number of benzene rings is 1. The molecule has 3 N–H and O–H groups in total. The maximum Gasteiger partial charge on any atom is 0.178 e. The third-order valence-electron chi connectivity index (χ3n) is 3.53. The molecule has 1 atom stereocenters. The summed E-state index contributed by atoms with van der Waals surface area (Å²) in [6, 6.07) is 7.27. The predicted molar refractivity (Wildman–Crippen MR) is 89.3 cm³/mol. The van der Waals surface area contributed by atoms with E-state index in [4.69, 9.17) is 5.73 Å². The Morgan fingerprint density at radius 3 is 2.19 bits per heavy atom. The van der Waals surface area contributed by atoms with Gasteiger partial charge in [-0.25, -0.2) is 8.42 Å². The number of rotatable bonds is 7. The van der Waals surface area contributed by atoms with E-state index in [-0.39, 0.29) is 17.2 Å². The van der Waals surface area contributed by atoms with Crippen LogP contribution >= 0.6 is 0 Å². The Bertz CT molecular complexity index is 530. The molecule has 0 saturated carbocycles. The summed E-state index contributed by atoms with van der Waals surface area (Å²) in [7, 11) is -3.14. The number of sulfone groups is 1. The average molecular weight is 312 g/mol. The van der Waals surface area contributed by atoms with E-state index in [9.17, 15) is 8.42 Å². The Labute approximate surface area is 129 Å². The highest BCUT2D eigenvalue weighted by atomic mass is 32.2. The minimum Gasteiger partial charge on any atom is -0.382 e. The third kappa shape index (κ3) is 5.32. The predicted octanol–water partition coefficient (Wildman–Crippen LogP) is 3.05. The van der Waals surface area contributed by atoms with Crippen LogP contribution in [0.15, 0.2) is 29.2 Å². The van der Waals surface area contributed by atoms with E-state index in [1.807, 2.05) is 19.1 Å². The Hall–Kier alpha value is -1.07. The largest absolute Gasteiger partial charge is 0.382 e. The second-order valence-electron chi connectivity index (χ2n) is 6.48. The van der Waals surface area contributed by atoms with Crippen molar-refractivity contribution >= 4 is 15.5 Å². The second-order valence-corrected chi connectivity index (χ2v) is 8.59. The van der Waals surface area contributed by atoms with Gasteiger partial charge in [-0.15, -0.1) is 0 Å². The highest BCUT2D eigenvalue weighted by molar-refractivity contribution is 7.91. The van der Waals surface area contributed by atoms with Gasteiger partial charge in [-0.1, -0.05) is 27.7 Å². The van der Waals surface area contributed by atoms with Crippen molar-refractivity contribution in [3.63, 3.8) is 0 Å². The first kappa shape index (κ1) is 18.0. The molecule has 120 valence electrons. The lowest BCUT2D eigenvalue weighted by Gasteiger charge is -2.32. The van der Waals surface area contributed by atoms with Crippen molar-refractivity contribution in [3.05, 3.63) is 24.3 Å². The number of nitrogens with one attached hydrogen (secondary N) is 1. The minimum absolute atomic E-state index is 0.0896. The summed E-state index contributed by atoms with van der Waals surface area (Å²) in [5.41, 5.74) is 6.69. The van der Waals surface area contributed by atoms with Gasteiger partial charge in [0, 0.05) is 11.7 Å². The number of hydrogen-bond donors (Lipinski definition) is 2. The fourth-order valence-corrected chi connectivity index (χ4v) is 3.56. The molecule has 0 aromatic heterocycles. The number of hydrogen-bond acceptors (Lipinski definition) is 4. The molecule has 4 nitrogen and oxygen atoms in total. The molecule has 1 unspecified atom stereocenters. The smallest absolute Gasteiger partial charge is 0.178 e. The maximum atomic E-state index is 12.0. The first-order chi connectivity index (χ1) is 9.70. The fraction of sp³-hybridized carbons (Fsp3) is 0.625. The zero-order valence-corrected chi connectivity index (χ0v) is 14.3. The van der Waals surface area contributed by atoms with Crippen molar-refractivity contribution in [1.29, 1.82) is 0 Å². The van der Waals surface area contributed by atoms with E-state index < -0.39 is 9.84 Å². The van der Waals surface area contributed by atoms with Gasteiger partial charge < -0.3 is 11.1 Å². The molecule has 0 radical (unpaired) electrons. The van der Waals surface area contributed by atoms with Crippen LogP contribution in [0.2, 0.25) is 0 Å². The molecule has 0 aliphatic heterocycles. The normalized spacial score (nSPS) is 14.0. The summed E-state index contributed by atoms with van der Waals surface area (Å²) in [5.74, 6) is 0.192. The topological polar surface area (TPSA) is 72.2 Å². The molecule has 0 saturated heterocycles. The van der Waals surface area contributed by atoms with Crippen LogP contribution in [0.5, 0.6) is 0 Å². The molecule has 0 spiro atoms. The van der Waals surface area contributed by atoms with E-state index in [1.54, 1.807) is 12.1 Å². The van der Waals surface area contributed by atoms with Gasteiger partial charge in [0.15, 0.2) is 9.84 Å². The molecular weight excluding hydrogens is 284 g/mol. The lowest BCUT2D eigenvalue weighted by Crippen LogP contribution is -2.35. The van der Waals surface area contributed by atoms with Crippen LogP contribution in [0.1, 0.15) is 40.5 Å². The van der Waals surface area contributed by atoms with Crippen molar-refractivity contribution < 1.29 is 8.42 Å². The Morgan fingerprint density at radius 2 is 1.76 bits per heavy atom. The van der Waals surface area contributed by atoms with E-state index in [1.165, 1.54) is 0 Å². The summed E-state index contributed by atoms with van der Waals surface area (Å²) < 4.78 is 24.0. The Kier molecular flexibility index (Phi) is 6.23. The van der Waals surface area contributed by atoms with Gasteiger partial charge >= 0.3 is 0 Å². The molecule has 0 aliphatic rings. The molecule has 1 rings (SSSR count). The van der Waals surface area contributed by atoms with Gasteiger partial charge in [-0.05, 0) is 49.1 Å². The van der Waals surface area contributed by atoms with Crippen LogP contribution < -0.4 is 11.1 Å². The summed E-state index contributed by atoms with van der Waals surface area (Å²) in [6.07, 6.45) is 1.50. The standard InChI is InChI=1S/C16H28N2O2S/c1-5-12-21(19,20)14-8-6-13(7-9-14)18-15(10-11-17)16(2,3)4/h6-9,15,18H,5,10-12,17H2,1-4H3. The van der Waals surface area contributed by atoms with E-state index in [0.29, 0.717) is 17.9 Å². The Morgan fingerprint density at radius 1 is 1.19 bits per heavy atom. The molecule has 0 bridgehead atoms. The van der Waals surface area contributed by atoms with Crippen molar-refractivity contribution in [2.75, 3.05) is 17.6 Å². The van der Waals surface area contributed by atoms with Crippen LogP contribution in [-0.2, 0) is 9.84 Å². The van der Waals surface area contributed by atoms with Crippen LogP contribution in [-0.4, -0.2) is 26.8 Å². The number of nitrogens with two attached hydrogens (primary N) is 1. The first-order valence-corrected chi connectivity index (χ1v) is 9.15. The molecule has 1 aromatic rings. The molecular formula is C16H28N2O2S. The average Bonchev–Trinajstić information content (AvgIpc) is 2.37. The molecule has 5 heteroatoms. The van der Waals surface area contributed by atoms with Gasteiger partial charge in [0.2, 0.25) is 0 Å². The summed E-state index contributed by atoms with van der Waals surface area (Å²) >= 11 is 0. The molecule has 0 amide bonds. The quantitative estimate of drug-likeness (QED) is 0.811. The summed E-state index contributed by atoms with van der Waals surface area (Å²) in [6.45, 7) is 8.99. The van der Waals surface area contributed by atoms with Gasteiger partial charge in [-0.3, -0.25) is 0 Å². The monoisotopic (exact) mass is 312 g/mol. The summed E-state index contributed by atoms with van der Waals surface area (Å²) in [4.78, 5) is 0.390. The van der Waals surface area contributed by atoms with E-state index >= 15 is 0 Å². The lowest BCUT2D eigenvalue weighted by atomic mass is 9.84. The van der Waals surface area contributed by atoms with Crippen molar-refractivity contribution in [2.24, 2.45) is 11.1 Å². The zero-order chi connectivity index (χ0) is 16.1. The molecule has 1 aromatic carbocycles. The minimum atomic E-state index is -3.14. The van der Waals surface area contributed by atoms with E-state index in [2.05, 4.69) is 26.1 Å². The lowest BCUT2D eigenvalue weighted by molar-refractivity contribution is 0.329. The maximum absolute atomic E-state index is 12.0. The van der Waals surface area contributed by atoms with Crippen molar-refractivity contribution in [3.8, 4) is 0 Å².